The minimum absolute atomic E-state index is 0.0172. The van der Waals surface area contributed by atoms with E-state index in [1.807, 2.05) is 13.0 Å². The first-order chi connectivity index (χ1) is 9.10. The van der Waals surface area contributed by atoms with Crippen molar-refractivity contribution in [1.82, 2.24) is 0 Å². The van der Waals surface area contributed by atoms with E-state index in [4.69, 9.17) is 4.43 Å². The van der Waals surface area contributed by atoms with Gasteiger partial charge in [0, 0.05) is 0 Å². The third-order valence-corrected chi connectivity index (χ3v) is 8.34. The molecule has 0 heterocycles. The molecule has 0 aromatic rings. The Morgan fingerprint density at radius 2 is 1.95 bits per heavy atom. The van der Waals surface area contributed by atoms with Gasteiger partial charge in [-0.3, -0.25) is 0 Å². The van der Waals surface area contributed by atoms with Gasteiger partial charge in [0.25, 0.3) is 0 Å². The maximum Gasteiger partial charge on any atom is 0.205 e. The van der Waals surface area contributed by atoms with Crippen LogP contribution in [0.25, 0.3) is 0 Å². The van der Waals surface area contributed by atoms with Crippen molar-refractivity contribution in [2.24, 2.45) is 5.11 Å². The molecule has 0 aliphatic rings. The zero-order valence-corrected chi connectivity index (χ0v) is 15.3. The van der Waals surface area contributed by atoms with Gasteiger partial charge >= 0.3 is 0 Å². The number of azo groups is 1. The van der Waals surface area contributed by atoms with Crippen molar-refractivity contribution in [3.63, 3.8) is 0 Å². The Hall–Kier alpha value is -0.683. The van der Waals surface area contributed by atoms with E-state index in [9.17, 15) is 5.21 Å². The molecular formula is C15H32N2O2Si. The zero-order chi connectivity index (χ0) is 15.8. The van der Waals surface area contributed by atoms with Gasteiger partial charge in [0.2, 0.25) is 6.20 Å². The molecule has 0 aromatic carbocycles. The topological polar surface area (TPSA) is 47.7 Å². The third-order valence-electron chi connectivity index (χ3n) is 3.74. The van der Waals surface area contributed by atoms with Gasteiger partial charge in [0.15, 0.2) is 8.32 Å². The van der Waals surface area contributed by atoms with Crippen LogP contribution in [0.2, 0.25) is 18.1 Å². The summed E-state index contributed by atoms with van der Waals surface area (Å²) in [6.45, 7) is 15.6. The second-order valence-corrected chi connectivity index (χ2v) is 11.6. The van der Waals surface area contributed by atoms with Crippen LogP contribution in [0.4, 0.5) is 0 Å². The Morgan fingerprint density at radius 3 is 2.45 bits per heavy atom. The lowest BCUT2D eigenvalue weighted by atomic mass is 10.2. The quantitative estimate of drug-likeness (QED) is 0.207. The summed E-state index contributed by atoms with van der Waals surface area (Å²) in [4.78, 5) is 0.654. The second-order valence-electron chi connectivity index (χ2n) is 6.84. The van der Waals surface area contributed by atoms with E-state index in [0.29, 0.717) is 11.4 Å². The fraction of sp³-hybridized carbons (Fsp3) is 0.867. The molecule has 118 valence electrons. The van der Waals surface area contributed by atoms with E-state index in [1.54, 1.807) is 0 Å². The average molecular weight is 301 g/mol. The summed E-state index contributed by atoms with van der Waals surface area (Å²) < 4.78 is 6.15. The Labute approximate surface area is 125 Å². The highest BCUT2D eigenvalue weighted by atomic mass is 28.4. The molecule has 20 heavy (non-hydrogen) atoms. The predicted molar refractivity (Wildman–Crippen MR) is 87.3 cm³/mol. The minimum Gasteiger partial charge on any atom is -0.595 e. The Kier molecular flexibility index (Phi) is 8.28. The van der Waals surface area contributed by atoms with Crippen molar-refractivity contribution in [3.8, 4) is 0 Å². The average Bonchev–Trinajstić information content (AvgIpc) is 2.30. The van der Waals surface area contributed by atoms with Gasteiger partial charge in [-0.05, 0) is 49.1 Å². The highest BCUT2D eigenvalue weighted by Gasteiger charge is 2.38. The molecule has 4 nitrogen and oxygen atoms in total. The van der Waals surface area contributed by atoms with Crippen LogP contribution in [0.1, 0.15) is 53.9 Å². The maximum atomic E-state index is 11.5. The zero-order valence-electron chi connectivity index (χ0n) is 14.3. The molecule has 1 unspecified atom stereocenters. The highest BCUT2D eigenvalue weighted by Crippen LogP contribution is 2.37. The normalized spacial score (nSPS) is 15.8. The molecule has 5 heteroatoms. The van der Waals surface area contributed by atoms with Crippen molar-refractivity contribution in [3.05, 3.63) is 17.5 Å². The molecule has 0 rings (SSSR count). The van der Waals surface area contributed by atoms with Crippen LogP contribution in [0, 0.1) is 5.21 Å². The highest BCUT2D eigenvalue weighted by molar-refractivity contribution is 6.74. The van der Waals surface area contributed by atoms with Crippen LogP contribution < -0.4 is 0 Å². The smallest absolute Gasteiger partial charge is 0.205 e. The number of allylic oxidation sites excluding steroid dienone is 1. The molecule has 0 aliphatic carbocycles. The van der Waals surface area contributed by atoms with E-state index in [0.717, 1.165) is 19.3 Å². The Morgan fingerprint density at radius 1 is 1.35 bits per heavy atom. The van der Waals surface area contributed by atoms with E-state index in [-0.39, 0.29) is 11.1 Å². The van der Waals surface area contributed by atoms with Gasteiger partial charge in [-0.1, -0.05) is 39.0 Å². The van der Waals surface area contributed by atoms with Gasteiger partial charge in [0.05, 0.1) is 6.10 Å². The van der Waals surface area contributed by atoms with Crippen molar-refractivity contribution >= 4 is 8.32 Å². The molecule has 0 spiro atoms. The van der Waals surface area contributed by atoms with Gasteiger partial charge < -0.3 is 9.63 Å². The van der Waals surface area contributed by atoms with Gasteiger partial charge in [0.1, 0.15) is 6.54 Å². The summed E-state index contributed by atoms with van der Waals surface area (Å²) in [5, 5.41) is 15.6. The second kappa shape index (κ2) is 8.57. The van der Waals surface area contributed by atoms with E-state index in [2.05, 4.69) is 45.9 Å². The molecule has 0 N–H and O–H groups in total. The molecule has 0 radical (unpaired) electrons. The first kappa shape index (κ1) is 19.3. The third kappa shape index (κ3) is 7.80. The molecule has 0 saturated heterocycles. The number of unbranched alkanes of at least 4 members (excludes halogenated alkanes) is 2. The molecule has 0 amide bonds. The summed E-state index contributed by atoms with van der Waals surface area (Å²) in [5.41, 5.74) is 0. The van der Waals surface area contributed by atoms with Crippen LogP contribution in [0.5, 0.6) is 0 Å². The lowest BCUT2D eigenvalue weighted by Gasteiger charge is -2.37. The SMILES string of the molecule is CCCCC=C[N+]([O-])=NCC(C)O[Si](C)(C)C(C)(C)C. The molecule has 1 atom stereocenters. The van der Waals surface area contributed by atoms with Crippen molar-refractivity contribution in [2.45, 2.75) is 78.1 Å². The summed E-state index contributed by atoms with van der Waals surface area (Å²) >= 11 is 0. The molecule has 0 aromatic heterocycles. The minimum atomic E-state index is -1.77. The maximum absolute atomic E-state index is 11.5. The van der Waals surface area contributed by atoms with Crippen molar-refractivity contribution < 1.29 is 9.29 Å². The standard InChI is InChI=1S/C15H32N2O2Si/c1-8-9-10-11-12-17(18)16-13-14(2)19-20(6,7)15(3,4)5/h11-12,14H,8-10,13H2,1-7H3. The first-order valence-electron chi connectivity index (χ1n) is 7.58. The van der Waals surface area contributed by atoms with Crippen LogP contribution in [-0.4, -0.2) is 25.8 Å². The van der Waals surface area contributed by atoms with Gasteiger partial charge in [-0.25, -0.2) is 0 Å². The van der Waals surface area contributed by atoms with Crippen LogP contribution in [0.3, 0.4) is 0 Å². The molecule has 0 saturated carbocycles. The van der Waals surface area contributed by atoms with E-state index in [1.165, 1.54) is 6.20 Å². The number of hydroxylamine groups is 1. The number of hydrogen-bond donors (Lipinski definition) is 0. The largest absolute Gasteiger partial charge is 0.595 e. The first-order valence-corrected chi connectivity index (χ1v) is 10.5. The summed E-state index contributed by atoms with van der Waals surface area (Å²) in [5.74, 6) is 0. The van der Waals surface area contributed by atoms with E-state index >= 15 is 0 Å². The number of hydrogen-bond acceptors (Lipinski definition) is 3. The Bertz CT molecular complexity index is 333. The number of nitrogens with zero attached hydrogens (tertiary/aromatic N) is 2. The summed E-state index contributed by atoms with van der Waals surface area (Å²) in [6.07, 6.45) is 6.53. The molecule has 0 bridgehead atoms. The van der Waals surface area contributed by atoms with E-state index < -0.39 is 8.32 Å². The van der Waals surface area contributed by atoms with Gasteiger partial charge in [-0.2, -0.15) is 0 Å². The molecule has 0 fully saturated rings. The Balaban J connectivity index is 4.28. The lowest BCUT2D eigenvalue weighted by molar-refractivity contribution is -0.459. The molecule has 0 aliphatic heterocycles. The van der Waals surface area contributed by atoms with Crippen molar-refractivity contribution in [1.29, 1.82) is 0 Å². The summed E-state index contributed by atoms with van der Waals surface area (Å²) in [6, 6.07) is 0. The van der Waals surface area contributed by atoms with Crippen LogP contribution in [-0.2, 0) is 4.43 Å². The van der Waals surface area contributed by atoms with Crippen LogP contribution in [0.15, 0.2) is 17.4 Å². The molecular weight excluding hydrogens is 268 g/mol. The van der Waals surface area contributed by atoms with Crippen molar-refractivity contribution in [2.75, 3.05) is 6.54 Å². The monoisotopic (exact) mass is 300 g/mol. The lowest BCUT2D eigenvalue weighted by Crippen LogP contribution is -2.44. The predicted octanol–water partition coefficient (Wildman–Crippen LogP) is 5.06. The fourth-order valence-corrected chi connectivity index (χ4v) is 2.88. The summed E-state index contributed by atoms with van der Waals surface area (Å²) in [7, 11) is -1.77. The van der Waals surface area contributed by atoms with Gasteiger partial charge in [-0.15, -0.1) is 0 Å². The fourth-order valence-electron chi connectivity index (χ4n) is 1.45. The van der Waals surface area contributed by atoms with Crippen LogP contribution >= 0.6 is 0 Å². The number of rotatable bonds is 8.